The van der Waals surface area contributed by atoms with Gasteiger partial charge in [-0.25, -0.2) is 13.2 Å². The Morgan fingerprint density at radius 1 is 1.35 bits per heavy atom. The minimum Gasteiger partial charge on any atom is -0.491 e. The summed E-state index contributed by atoms with van der Waals surface area (Å²) in [6, 6.07) is 6.32. The summed E-state index contributed by atoms with van der Waals surface area (Å²) < 4.78 is 37.2. The van der Waals surface area contributed by atoms with Crippen molar-refractivity contribution in [1.82, 2.24) is 4.90 Å². The number of carboxylic acid groups (broad SMARTS) is 1. The first kappa shape index (κ1) is 20.0. The number of benzene rings is 1. The van der Waals surface area contributed by atoms with Crippen LogP contribution in [0.5, 0.6) is 5.75 Å². The molecule has 1 aliphatic rings. The van der Waals surface area contributed by atoms with Gasteiger partial charge in [0.05, 0.1) is 19.3 Å². The van der Waals surface area contributed by atoms with Crippen LogP contribution < -0.4 is 9.46 Å². The van der Waals surface area contributed by atoms with Crippen molar-refractivity contribution in [2.75, 3.05) is 30.2 Å². The van der Waals surface area contributed by atoms with Crippen LogP contribution in [-0.2, 0) is 24.3 Å². The van der Waals surface area contributed by atoms with Crippen LogP contribution in [0.3, 0.4) is 0 Å². The molecule has 144 valence electrons. The van der Waals surface area contributed by atoms with E-state index in [9.17, 15) is 18.0 Å². The molecule has 1 aromatic rings. The maximum absolute atomic E-state index is 12.2. The normalized spacial score (nSPS) is 17.8. The van der Waals surface area contributed by atoms with Gasteiger partial charge < -0.3 is 19.5 Å². The van der Waals surface area contributed by atoms with Gasteiger partial charge in [-0.2, -0.15) is 0 Å². The highest BCUT2D eigenvalue weighted by molar-refractivity contribution is 7.93. The molecular formula is C16H22N2O7S. The Bertz CT molecular complexity index is 746. The second-order valence-electron chi connectivity index (χ2n) is 6.09. The summed E-state index contributed by atoms with van der Waals surface area (Å²) in [5, 5.41) is 8.94. The molecule has 1 amide bonds. The predicted molar refractivity (Wildman–Crippen MR) is 93.6 cm³/mol. The van der Waals surface area contributed by atoms with E-state index < -0.39 is 33.8 Å². The Kier molecular flexibility index (Phi) is 6.43. The predicted octanol–water partition coefficient (Wildman–Crippen LogP) is 0.528. The van der Waals surface area contributed by atoms with Crippen LogP contribution in [0, 0.1) is 0 Å². The van der Waals surface area contributed by atoms with Gasteiger partial charge in [-0.05, 0) is 38.1 Å². The topological polar surface area (TPSA) is 122 Å². The van der Waals surface area contributed by atoms with Crippen molar-refractivity contribution in [3.8, 4) is 5.75 Å². The zero-order chi connectivity index (χ0) is 19.3. The number of morpholine rings is 1. The van der Waals surface area contributed by atoms with E-state index in [0.29, 0.717) is 11.4 Å². The minimum atomic E-state index is -3.93. The Morgan fingerprint density at radius 2 is 2.00 bits per heavy atom. The Labute approximate surface area is 151 Å². The summed E-state index contributed by atoms with van der Waals surface area (Å²) in [5.41, 5.74) is 0.305. The number of carboxylic acids is 1. The average Bonchev–Trinajstić information content (AvgIpc) is 2.55. The zero-order valence-electron chi connectivity index (χ0n) is 14.5. The fourth-order valence-electron chi connectivity index (χ4n) is 2.37. The molecule has 0 saturated carbocycles. The Balaban J connectivity index is 1.95. The van der Waals surface area contributed by atoms with Gasteiger partial charge in [-0.15, -0.1) is 0 Å². The third-order valence-electron chi connectivity index (χ3n) is 3.51. The first-order valence-corrected chi connectivity index (χ1v) is 9.71. The summed E-state index contributed by atoms with van der Waals surface area (Å²) >= 11 is 0. The van der Waals surface area contributed by atoms with Crippen molar-refractivity contribution in [2.24, 2.45) is 0 Å². The molecule has 1 atom stereocenters. The number of rotatable bonds is 7. The number of aliphatic carboxylic acids is 1. The van der Waals surface area contributed by atoms with Gasteiger partial charge in [0.25, 0.3) is 0 Å². The lowest BCUT2D eigenvalue weighted by molar-refractivity contribution is -0.158. The van der Waals surface area contributed by atoms with Crippen LogP contribution in [0.15, 0.2) is 24.3 Å². The largest absolute Gasteiger partial charge is 0.491 e. The van der Waals surface area contributed by atoms with E-state index in [1.807, 2.05) is 13.8 Å². The molecule has 1 saturated heterocycles. The van der Waals surface area contributed by atoms with Gasteiger partial charge >= 0.3 is 5.97 Å². The monoisotopic (exact) mass is 386 g/mol. The molecule has 0 aromatic heterocycles. The molecule has 2 N–H and O–H groups in total. The zero-order valence-corrected chi connectivity index (χ0v) is 15.4. The van der Waals surface area contributed by atoms with Crippen LogP contribution in [0.4, 0.5) is 5.69 Å². The average molecular weight is 386 g/mol. The summed E-state index contributed by atoms with van der Waals surface area (Å²) in [4.78, 5) is 24.3. The molecule has 0 bridgehead atoms. The third kappa shape index (κ3) is 5.88. The van der Waals surface area contributed by atoms with E-state index in [1.54, 1.807) is 12.1 Å². The number of hydrogen-bond donors (Lipinski definition) is 2. The highest BCUT2D eigenvalue weighted by Gasteiger charge is 2.31. The van der Waals surface area contributed by atoms with Gasteiger partial charge in [0.2, 0.25) is 15.9 Å². The summed E-state index contributed by atoms with van der Waals surface area (Å²) in [7, 11) is -3.93. The lowest BCUT2D eigenvalue weighted by Crippen LogP contribution is -2.50. The third-order valence-corrected chi connectivity index (χ3v) is 4.68. The van der Waals surface area contributed by atoms with Gasteiger partial charge in [0.15, 0.2) is 6.10 Å². The number of amides is 1. The van der Waals surface area contributed by atoms with E-state index >= 15 is 0 Å². The van der Waals surface area contributed by atoms with Gasteiger partial charge in [0, 0.05) is 12.2 Å². The second-order valence-corrected chi connectivity index (χ2v) is 7.81. The second kappa shape index (κ2) is 8.37. The van der Waals surface area contributed by atoms with E-state index in [1.165, 1.54) is 17.0 Å². The molecule has 0 aliphatic carbocycles. The fourth-order valence-corrected chi connectivity index (χ4v) is 3.44. The number of carbonyl (C=O) groups is 2. The summed E-state index contributed by atoms with van der Waals surface area (Å²) in [6.45, 7) is 3.78. The quantitative estimate of drug-likeness (QED) is 0.701. The van der Waals surface area contributed by atoms with Crippen LogP contribution in [0.25, 0.3) is 0 Å². The highest BCUT2D eigenvalue weighted by atomic mass is 32.2. The minimum absolute atomic E-state index is 0.00156. The van der Waals surface area contributed by atoms with E-state index in [2.05, 4.69) is 4.72 Å². The molecule has 0 spiro atoms. The number of anilines is 1. The molecule has 1 unspecified atom stereocenters. The highest BCUT2D eigenvalue weighted by Crippen LogP contribution is 2.18. The lowest BCUT2D eigenvalue weighted by atomic mass is 10.3. The van der Waals surface area contributed by atoms with Gasteiger partial charge in [-0.1, -0.05) is 0 Å². The molecule has 1 aliphatic heterocycles. The molecular weight excluding hydrogens is 364 g/mol. The first-order chi connectivity index (χ1) is 12.2. The molecule has 2 rings (SSSR count). The van der Waals surface area contributed by atoms with Crippen molar-refractivity contribution < 1.29 is 32.6 Å². The van der Waals surface area contributed by atoms with E-state index in [0.717, 1.165) is 0 Å². The van der Waals surface area contributed by atoms with Crippen molar-refractivity contribution >= 4 is 27.6 Å². The van der Waals surface area contributed by atoms with Crippen LogP contribution in [0.2, 0.25) is 0 Å². The molecule has 1 heterocycles. The van der Waals surface area contributed by atoms with Crippen LogP contribution in [-0.4, -0.2) is 68.0 Å². The Morgan fingerprint density at radius 3 is 2.58 bits per heavy atom. The summed E-state index contributed by atoms with van der Waals surface area (Å²) in [5.74, 6) is -2.03. The molecule has 0 radical (unpaired) electrons. The fraction of sp³-hybridized carbons (Fsp3) is 0.500. The SMILES string of the molecule is CC(C)Oc1ccc(NS(=O)(=O)CC(=O)N2CCOC(C(=O)O)C2)cc1. The van der Waals surface area contributed by atoms with E-state index in [4.69, 9.17) is 14.6 Å². The van der Waals surface area contributed by atoms with Crippen LogP contribution in [0.1, 0.15) is 13.8 Å². The first-order valence-electron chi connectivity index (χ1n) is 8.05. The van der Waals surface area contributed by atoms with Crippen molar-refractivity contribution in [2.45, 2.75) is 26.1 Å². The number of hydrogen-bond acceptors (Lipinski definition) is 6. The Hall–Kier alpha value is -2.33. The number of nitrogens with one attached hydrogen (secondary N) is 1. The van der Waals surface area contributed by atoms with E-state index in [-0.39, 0.29) is 25.8 Å². The van der Waals surface area contributed by atoms with Crippen molar-refractivity contribution in [1.29, 1.82) is 0 Å². The number of ether oxygens (including phenoxy) is 2. The summed E-state index contributed by atoms with van der Waals surface area (Å²) in [6.07, 6.45) is -1.14. The maximum Gasteiger partial charge on any atom is 0.334 e. The standard InChI is InChI=1S/C16H22N2O7S/c1-11(2)25-13-5-3-12(4-6-13)17-26(22,23)10-15(19)18-7-8-24-14(9-18)16(20)21/h3-6,11,14,17H,7-10H2,1-2H3,(H,20,21). The molecule has 9 nitrogen and oxygen atoms in total. The number of sulfonamides is 1. The smallest absolute Gasteiger partial charge is 0.334 e. The van der Waals surface area contributed by atoms with Gasteiger partial charge in [0.1, 0.15) is 11.5 Å². The lowest BCUT2D eigenvalue weighted by Gasteiger charge is -2.30. The maximum atomic E-state index is 12.2. The van der Waals surface area contributed by atoms with Crippen molar-refractivity contribution in [3.05, 3.63) is 24.3 Å². The van der Waals surface area contributed by atoms with Crippen LogP contribution >= 0.6 is 0 Å². The molecule has 10 heteroatoms. The number of carbonyl (C=O) groups excluding carboxylic acids is 1. The molecule has 1 aromatic carbocycles. The molecule has 1 fully saturated rings. The number of nitrogens with zero attached hydrogens (tertiary/aromatic N) is 1. The van der Waals surface area contributed by atoms with Crippen molar-refractivity contribution in [3.63, 3.8) is 0 Å². The molecule has 26 heavy (non-hydrogen) atoms. The van der Waals surface area contributed by atoms with Gasteiger partial charge in [-0.3, -0.25) is 9.52 Å².